The number of piperazine rings is 1. The van der Waals surface area contributed by atoms with E-state index in [-0.39, 0.29) is 18.4 Å². The number of pyridine rings is 1. The van der Waals surface area contributed by atoms with E-state index in [0.717, 1.165) is 51.4 Å². The van der Waals surface area contributed by atoms with Gasteiger partial charge in [-0.1, -0.05) is 6.07 Å². The molecule has 4 rings (SSSR count). The molecule has 2 aliphatic heterocycles. The van der Waals surface area contributed by atoms with Crippen LogP contribution in [0.1, 0.15) is 23.2 Å². The third kappa shape index (κ3) is 4.96. The van der Waals surface area contributed by atoms with E-state index in [2.05, 4.69) is 14.8 Å². The Morgan fingerprint density at radius 2 is 1.84 bits per heavy atom. The van der Waals surface area contributed by atoms with Gasteiger partial charge in [0, 0.05) is 38.9 Å². The predicted octanol–water partition coefficient (Wildman–Crippen LogP) is 2.05. The normalized spacial score (nSPS) is 17.2. The summed E-state index contributed by atoms with van der Waals surface area (Å²) in [6, 6.07) is 11.0. The van der Waals surface area contributed by atoms with Gasteiger partial charge in [-0.15, -0.1) is 0 Å². The van der Waals surface area contributed by atoms with Gasteiger partial charge < -0.3 is 14.4 Å². The average molecular weight is 425 g/mol. The SMILES string of the molecule is COc1ccc2c(c1)C(=O)N(CCCCN1CCN(c3ccccn3)CC1)C(=O)CO2. The van der Waals surface area contributed by atoms with E-state index in [1.165, 1.54) is 4.90 Å². The van der Waals surface area contributed by atoms with E-state index in [1.54, 1.807) is 25.3 Å². The fourth-order valence-corrected chi connectivity index (χ4v) is 3.98. The molecule has 3 heterocycles. The Kier molecular flexibility index (Phi) is 6.66. The highest BCUT2D eigenvalue weighted by Gasteiger charge is 2.29. The van der Waals surface area contributed by atoms with E-state index >= 15 is 0 Å². The summed E-state index contributed by atoms with van der Waals surface area (Å²) in [6.07, 6.45) is 3.51. The number of hydrogen-bond acceptors (Lipinski definition) is 7. The van der Waals surface area contributed by atoms with Gasteiger partial charge in [-0.3, -0.25) is 19.4 Å². The summed E-state index contributed by atoms with van der Waals surface area (Å²) in [7, 11) is 1.54. The highest BCUT2D eigenvalue weighted by atomic mass is 16.5. The number of fused-ring (bicyclic) bond motifs is 1. The minimum Gasteiger partial charge on any atom is -0.497 e. The monoisotopic (exact) mass is 424 g/mol. The number of carbonyl (C=O) groups excluding carboxylic acids is 2. The summed E-state index contributed by atoms with van der Waals surface area (Å²) in [5.41, 5.74) is 0.371. The van der Waals surface area contributed by atoms with Crippen LogP contribution in [0.2, 0.25) is 0 Å². The first-order valence-corrected chi connectivity index (χ1v) is 10.7. The molecule has 2 aromatic rings. The number of aromatic nitrogens is 1. The maximum atomic E-state index is 12.9. The second-order valence-electron chi connectivity index (χ2n) is 7.73. The van der Waals surface area contributed by atoms with Crippen molar-refractivity contribution < 1.29 is 19.1 Å². The first kappa shape index (κ1) is 21.1. The first-order chi connectivity index (χ1) is 15.2. The fourth-order valence-electron chi connectivity index (χ4n) is 3.98. The van der Waals surface area contributed by atoms with Gasteiger partial charge in [-0.25, -0.2) is 4.98 Å². The molecule has 1 aromatic heterocycles. The van der Waals surface area contributed by atoms with E-state index < -0.39 is 0 Å². The second kappa shape index (κ2) is 9.78. The largest absolute Gasteiger partial charge is 0.497 e. The van der Waals surface area contributed by atoms with Gasteiger partial charge in [0.05, 0.1) is 12.7 Å². The zero-order valence-corrected chi connectivity index (χ0v) is 17.8. The van der Waals surface area contributed by atoms with Gasteiger partial charge in [-0.2, -0.15) is 0 Å². The topological polar surface area (TPSA) is 75.2 Å². The van der Waals surface area contributed by atoms with E-state index in [9.17, 15) is 9.59 Å². The van der Waals surface area contributed by atoms with Crippen LogP contribution in [-0.2, 0) is 4.79 Å². The zero-order valence-electron chi connectivity index (χ0n) is 17.8. The Balaban J connectivity index is 1.25. The van der Waals surface area contributed by atoms with Crippen LogP contribution in [0.25, 0.3) is 0 Å². The van der Waals surface area contributed by atoms with Gasteiger partial charge in [0.15, 0.2) is 6.61 Å². The summed E-state index contributed by atoms with van der Waals surface area (Å²) < 4.78 is 10.7. The summed E-state index contributed by atoms with van der Waals surface area (Å²) in [5, 5.41) is 0. The van der Waals surface area contributed by atoms with Crippen molar-refractivity contribution in [3.63, 3.8) is 0 Å². The third-order valence-electron chi connectivity index (χ3n) is 5.77. The van der Waals surface area contributed by atoms with Crippen molar-refractivity contribution in [2.75, 3.05) is 57.9 Å². The average Bonchev–Trinajstić information content (AvgIpc) is 2.94. The molecule has 0 unspecified atom stereocenters. The summed E-state index contributed by atoms with van der Waals surface area (Å²) >= 11 is 0. The van der Waals surface area contributed by atoms with Crippen molar-refractivity contribution >= 4 is 17.6 Å². The quantitative estimate of drug-likeness (QED) is 0.497. The van der Waals surface area contributed by atoms with Gasteiger partial charge in [0.25, 0.3) is 11.8 Å². The summed E-state index contributed by atoms with van der Waals surface area (Å²) in [6.45, 7) is 5.10. The molecule has 8 nitrogen and oxygen atoms in total. The van der Waals surface area contributed by atoms with Crippen LogP contribution >= 0.6 is 0 Å². The van der Waals surface area contributed by atoms with Crippen LogP contribution in [0.3, 0.4) is 0 Å². The number of hydrogen-bond donors (Lipinski definition) is 0. The minimum atomic E-state index is -0.319. The number of rotatable bonds is 7. The van der Waals surface area contributed by atoms with E-state index in [1.807, 2.05) is 24.4 Å². The lowest BCUT2D eigenvalue weighted by atomic mass is 10.1. The molecular formula is C23H28N4O4. The molecule has 164 valence electrons. The Labute approximate surface area is 182 Å². The molecule has 1 saturated heterocycles. The molecule has 0 bridgehead atoms. The highest BCUT2D eigenvalue weighted by molar-refractivity contribution is 6.07. The molecular weight excluding hydrogens is 396 g/mol. The number of carbonyl (C=O) groups is 2. The van der Waals surface area contributed by atoms with Crippen LogP contribution in [0.15, 0.2) is 42.6 Å². The number of amides is 2. The molecule has 0 radical (unpaired) electrons. The molecule has 0 N–H and O–H groups in total. The molecule has 0 saturated carbocycles. The first-order valence-electron chi connectivity index (χ1n) is 10.7. The Morgan fingerprint density at radius 3 is 2.58 bits per heavy atom. The number of anilines is 1. The van der Waals surface area contributed by atoms with Crippen molar-refractivity contribution in [3.05, 3.63) is 48.2 Å². The van der Waals surface area contributed by atoms with E-state index in [0.29, 0.717) is 23.6 Å². The maximum absolute atomic E-state index is 12.9. The van der Waals surface area contributed by atoms with Crippen molar-refractivity contribution in [2.45, 2.75) is 12.8 Å². The lowest BCUT2D eigenvalue weighted by Crippen LogP contribution is -2.47. The number of methoxy groups -OCH3 is 1. The molecule has 0 spiro atoms. The van der Waals surface area contributed by atoms with Crippen LogP contribution in [-0.4, -0.2) is 79.6 Å². The predicted molar refractivity (Wildman–Crippen MR) is 117 cm³/mol. The maximum Gasteiger partial charge on any atom is 0.267 e. The highest BCUT2D eigenvalue weighted by Crippen LogP contribution is 2.28. The number of nitrogens with zero attached hydrogens (tertiary/aromatic N) is 4. The molecule has 0 aliphatic carbocycles. The number of ether oxygens (including phenoxy) is 2. The van der Waals surface area contributed by atoms with Gasteiger partial charge in [0.1, 0.15) is 17.3 Å². The van der Waals surface area contributed by atoms with Crippen LogP contribution in [0.5, 0.6) is 11.5 Å². The van der Waals surface area contributed by atoms with Gasteiger partial charge >= 0.3 is 0 Å². The molecule has 2 amide bonds. The Hall–Kier alpha value is -3.13. The van der Waals surface area contributed by atoms with Crippen molar-refractivity contribution in [3.8, 4) is 11.5 Å². The van der Waals surface area contributed by atoms with Crippen LogP contribution in [0.4, 0.5) is 5.82 Å². The standard InChI is InChI=1S/C23H28N4O4/c1-30-18-7-8-20-19(16-18)23(29)27(22(28)17-31-20)11-5-4-10-25-12-14-26(15-13-25)21-6-2-3-9-24-21/h2-3,6-9,16H,4-5,10-15,17H2,1H3. The molecule has 1 fully saturated rings. The smallest absolute Gasteiger partial charge is 0.267 e. The summed E-state index contributed by atoms with van der Waals surface area (Å²) in [4.78, 5) is 35.8. The van der Waals surface area contributed by atoms with Crippen molar-refractivity contribution in [1.82, 2.24) is 14.8 Å². The second-order valence-corrected chi connectivity index (χ2v) is 7.73. The molecule has 0 atom stereocenters. The molecule has 2 aliphatic rings. The zero-order chi connectivity index (χ0) is 21.6. The van der Waals surface area contributed by atoms with Crippen molar-refractivity contribution in [1.29, 1.82) is 0 Å². The minimum absolute atomic E-state index is 0.124. The number of unbranched alkanes of at least 4 members (excludes halogenated alkanes) is 1. The van der Waals surface area contributed by atoms with Gasteiger partial charge in [-0.05, 0) is 49.7 Å². The number of benzene rings is 1. The van der Waals surface area contributed by atoms with E-state index in [4.69, 9.17) is 9.47 Å². The Morgan fingerprint density at radius 1 is 1.03 bits per heavy atom. The van der Waals surface area contributed by atoms with Crippen molar-refractivity contribution in [2.24, 2.45) is 0 Å². The summed E-state index contributed by atoms with van der Waals surface area (Å²) in [5.74, 6) is 1.39. The Bertz CT molecular complexity index is 913. The lowest BCUT2D eigenvalue weighted by molar-refractivity contribution is -0.130. The molecule has 8 heteroatoms. The van der Waals surface area contributed by atoms with Crippen LogP contribution < -0.4 is 14.4 Å². The lowest BCUT2D eigenvalue weighted by Gasteiger charge is -2.35. The molecule has 1 aromatic carbocycles. The molecule has 31 heavy (non-hydrogen) atoms. The van der Waals surface area contributed by atoms with Crippen LogP contribution in [0, 0.1) is 0 Å². The van der Waals surface area contributed by atoms with Gasteiger partial charge in [0.2, 0.25) is 0 Å². The fraction of sp³-hybridized carbons (Fsp3) is 0.435. The number of imide groups is 1. The third-order valence-corrected chi connectivity index (χ3v) is 5.77.